The largest absolute Gasteiger partial charge is 0.284 e. The van der Waals surface area contributed by atoms with Gasteiger partial charge in [-0.15, -0.1) is 0 Å². The molecule has 0 amide bonds. The molecule has 0 spiro atoms. The summed E-state index contributed by atoms with van der Waals surface area (Å²) in [5.41, 5.74) is 5.05. The molecule has 0 saturated carbocycles. The summed E-state index contributed by atoms with van der Waals surface area (Å²) in [6.07, 6.45) is 6.12. The molecule has 3 aromatic rings. The predicted molar refractivity (Wildman–Crippen MR) is 119 cm³/mol. The zero-order chi connectivity index (χ0) is 22.0. The van der Waals surface area contributed by atoms with Crippen LogP contribution in [0.25, 0.3) is 11.1 Å². The molecule has 0 fully saturated rings. The van der Waals surface area contributed by atoms with E-state index in [9.17, 15) is 17.6 Å². The fraction of sp³-hybridized carbons (Fsp3) is 0.304. The Labute approximate surface area is 180 Å². The molecule has 4 rings (SSSR count). The fourth-order valence-electron chi connectivity index (χ4n) is 4.11. The third kappa shape index (κ3) is 5.02. The monoisotopic (exact) mass is 441 g/mol. The molecule has 2 N–H and O–H groups in total. The molecule has 8 heteroatoms. The van der Waals surface area contributed by atoms with E-state index in [0.717, 1.165) is 54.3 Å². The Morgan fingerprint density at radius 1 is 1.06 bits per heavy atom. The molecule has 31 heavy (non-hydrogen) atoms. The number of hydrogen-bond donors (Lipinski definition) is 2. The van der Waals surface area contributed by atoms with Gasteiger partial charge in [-0.25, -0.2) is 17.9 Å². The van der Waals surface area contributed by atoms with Crippen molar-refractivity contribution in [2.45, 2.75) is 38.5 Å². The van der Waals surface area contributed by atoms with E-state index < -0.39 is 10.0 Å². The molecule has 1 aliphatic rings. The van der Waals surface area contributed by atoms with Crippen LogP contribution in [-0.4, -0.2) is 24.9 Å². The van der Waals surface area contributed by atoms with Crippen molar-refractivity contribution in [3.05, 3.63) is 81.0 Å². The topological polar surface area (TPSA) is 91.9 Å². The third-order valence-electron chi connectivity index (χ3n) is 5.54. The van der Waals surface area contributed by atoms with Gasteiger partial charge in [-0.05, 0) is 79.5 Å². The van der Waals surface area contributed by atoms with Gasteiger partial charge < -0.3 is 0 Å². The van der Waals surface area contributed by atoms with E-state index >= 15 is 0 Å². The van der Waals surface area contributed by atoms with Crippen molar-refractivity contribution in [3.63, 3.8) is 0 Å². The van der Waals surface area contributed by atoms with Crippen molar-refractivity contribution in [2.24, 2.45) is 0 Å². The molecule has 162 valence electrons. The Kier molecular flexibility index (Phi) is 5.91. The smallest absolute Gasteiger partial charge is 0.267 e. The minimum Gasteiger partial charge on any atom is -0.284 e. The second-order valence-electron chi connectivity index (χ2n) is 7.93. The highest BCUT2D eigenvalue weighted by Crippen LogP contribution is 2.28. The maximum atomic E-state index is 14.6. The van der Waals surface area contributed by atoms with Crippen molar-refractivity contribution in [2.75, 3.05) is 11.0 Å². The number of rotatable bonds is 6. The van der Waals surface area contributed by atoms with Crippen LogP contribution in [0.2, 0.25) is 0 Å². The minimum absolute atomic E-state index is 0.0925. The SMILES string of the molecule is CS(=O)(=O)Nc1cccc(-c2cc(CCc3n[nH]c(=O)c4c3CCCC4)ccc2F)c1. The van der Waals surface area contributed by atoms with Crippen molar-refractivity contribution in [3.8, 4) is 11.1 Å². The molecule has 0 aliphatic heterocycles. The molecule has 0 bridgehead atoms. The first-order valence-electron chi connectivity index (χ1n) is 10.3. The molecule has 0 unspecified atom stereocenters. The Hall–Kier alpha value is -3.00. The number of aromatic amines is 1. The fourth-order valence-corrected chi connectivity index (χ4v) is 4.67. The van der Waals surface area contributed by atoms with E-state index in [1.165, 1.54) is 6.07 Å². The van der Waals surface area contributed by atoms with Crippen LogP contribution in [0.4, 0.5) is 10.1 Å². The summed E-state index contributed by atoms with van der Waals surface area (Å²) < 4.78 is 40.0. The molecule has 0 atom stereocenters. The van der Waals surface area contributed by atoms with Gasteiger partial charge in [0.1, 0.15) is 5.82 Å². The summed E-state index contributed by atoms with van der Waals surface area (Å²) in [4.78, 5) is 12.0. The second-order valence-corrected chi connectivity index (χ2v) is 9.68. The number of sulfonamides is 1. The van der Waals surface area contributed by atoms with E-state index in [1.807, 2.05) is 0 Å². The van der Waals surface area contributed by atoms with E-state index in [2.05, 4.69) is 14.9 Å². The number of fused-ring (bicyclic) bond motifs is 1. The average Bonchev–Trinajstić information content (AvgIpc) is 2.73. The number of aryl methyl sites for hydroxylation is 2. The van der Waals surface area contributed by atoms with Gasteiger partial charge in [0.25, 0.3) is 5.56 Å². The average molecular weight is 442 g/mol. The molecule has 0 radical (unpaired) electrons. The Morgan fingerprint density at radius 3 is 2.61 bits per heavy atom. The van der Waals surface area contributed by atoms with Crippen LogP contribution >= 0.6 is 0 Å². The number of nitrogens with zero attached hydrogens (tertiary/aromatic N) is 1. The number of nitrogens with one attached hydrogen (secondary N) is 2. The lowest BCUT2D eigenvalue weighted by Gasteiger charge is -2.17. The van der Waals surface area contributed by atoms with E-state index in [1.54, 1.807) is 36.4 Å². The van der Waals surface area contributed by atoms with E-state index in [-0.39, 0.29) is 11.4 Å². The Balaban J connectivity index is 1.58. The Morgan fingerprint density at radius 2 is 1.84 bits per heavy atom. The van der Waals surface area contributed by atoms with Gasteiger partial charge in [0.05, 0.1) is 11.9 Å². The van der Waals surface area contributed by atoms with E-state index in [4.69, 9.17) is 0 Å². The first kappa shape index (κ1) is 21.2. The van der Waals surface area contributed by atoms with Crippen molar-refractivity contribution >= 4 is 15.7 Å². The van der Waals surface area contributed by atoms with Crippen LogP contribution < -0.4 is 10.3 Å². The zero-order valence-electron chi connectivity index (χ0n) is 17.2. The van der Waals surface area contributed by atoms with Gasteiger partial charge in [0.15, 0.2) is 0 Å². The number of halogens is 1. The summed E-state index contributed by atoms with van der Waals surface area (Å²) in [7, 11) is -3.42. The van der Waals surface area contributed by atoms with Crippen LogP contribution in [0.5, 0.6) is 0 Å². The highest BCUT2D eigenvalue weighted by molar-refractivity contribution is 7.92. The molecule has 6 nitrogen and oxygen atoms in total. The number of aromatic nitrogens is 2. The number of anilines is 1. The first-order valence-corrected chi connectivity index (χ1v) is 12.2. The van der Waals surface area contributed by atoms with Gasteiger partial charge in [0.2, 0.25) is 10.0 Å². The van der Waals surface area contributed by atoms with Gasteiger partial charge in [-0.3, -0.25) is 9.52 Å². The maximum Gasteiger partial charge on any atom is 0.267 e. The van der Waals surface area contributed by atoms with Crippen molar-refractivity contribution in [1.82, 2.24) is 10.2 Å². The second kappa shape index (κ2) is 8.63. The van der Waals surface area contributed by atoms with Crippen LogP contribution in [-0.2, 0) is 35.7 Å². The minimum atomic E-state index is -3.42. The molecule has 0 saturated heterocycles. The maximum absolute atomic E-state index is 14.6. The van der Waals surface area contributed by atoms with Gasteiger partial charge in [-0.1, -0.05) is 18.2 Å². The lowest BCUT2D eigenvalue weighted by atomic mass is 9.90. The standard InChI is InChI=1S/C23H24FN3O3S/c1-31(29,30)27-17-6-4-5-16(14-17)20-13-15(9-11-21(20)24)10-12-22-18-7-2-3-8-19(18)23(28)26-25-22/h4-6,9,11,13-14,27H,2-3,7-8,10,12H2,1H3,(H,26,28). The Bertz CT molecular complexity index is 1290. The van der Waals surface area contributed by atoms with Crippen LogP contribution in [0, 0.1) is 5.82 Å². The van der Waals surface area contributed by atoms with Gasteiger partial charge in [-0.2, -0.15) is 5.10 Å². The van der Waals surface area contributed by atoms with Crippen LogP contribution in [0.15, 0.2) is 47.3 Å². The summed E-state index contributed by atoms with van der Waals surface area (Å²) in [6, 6.07) is 11.6. The highest BCUT2D eigenvalue weighted by Gasteiger charge is 2.18. The quantitative estimate of drug-likeness (QED) is 0.611. The molecule has 1 aromatic heterocycles. The summed E-state index contributed by atoms with van der Waals surface area (Å²) >= 11 is 0. The molecular formula is C23H24FN3O3S. The van der Waals surface area contributed by atoms with E-state index in [0.29, 0.717) is 29.7 Å². The predicted octanol–water partition coefficient (Wildman–Crippen LogP) is 3.61. The molecule has 2 aromatic carbocycles. The molecule has 1 heterocycles. The normalized spacial score (nSPS) is 13.6. The first-order chi connectivity index (χ1) is 14.8. The van der Waals surface area contributed by atoms with Crippen LogP contribution in [0.1, 0.15) is 35.2 Å². The molecule has 1 aliphatic carbocycles. The number of hydrogen-bond acceptors (Lipinski definition) is 4. The van der Waals surface area contributed by atoms with Crippen molar-refractivity contribution < 1.29 is 12.8 Å². The summed E-state index contributed by atoms with van der Waals surface area (Å²) in [5.74, 6) is -0.375. The summed E-state index contributed by atoms with van der Waals surface area (Å²) in [5, 5.41) is 6.89. The summed E-state index contributed by atoms with van der Waals surface area (Å²) in [6.45, 7) is 0. The lowest BCUT2D eigenvalue weighted by Crippen LogP contribution is -2.23. The lowest BCUT2D eigenvalue weighted by molar-refractivity contribution is 0.607. The number of benzene rings is 2. The molecular weight excluding hydrogens is 417 g/mol. The zero-order valence-corrected chi connectivity index (χ0v) is 18.1. The number of H-pyrrole nitrogens is 1. The van der Waals surface area contributed by atoms with Gasteiger partial charge >= 0.3 is 0 Å². The van der Waals surface area contributed by atoms with Crippen molar-refractivity contribution in [1.29, 1.82) is 0 Å². The van der Waals surface area contributed by atoms with Crippen LogP contribution in [0.3, 0.4) is 0 Å². The third-order valence-corrected chi connectivity index (χ3v) is 6.15. The van der Waals surface area contributed by atoms with Gasteiger partial charge in [0, 0.05) is 16.8 Å². The highest BCUT2D eigenvalue weighted by atomic mass is 32.2.